The summed E-state index contributed by atoms with van der Waals surface area (Å²) in [5, 5.41) is 7.49. The van der Waals surface area contributed by atoms with Crippen LogP contribution in [0, 0.1) is 17.7 Å². The van der Waals surface area contributed by atoms with Crippen molar-refractivity contribution in [3.63, 3.8) is 0 Å². The Morgan fingerprint density at radius 3 is 2.47 bits per heavy atom. The third-order valence-electron chi connectivity index (χ3n) is 8.61. The zero-order valence-corrected chi connectivity index (χ0v) is 24.7. The van der Waals surface area contributed by atoms with Gasteiger partial charge in [-0.3, -0.25) is 9.63 Å². The van der Waals surface area contributed by atoms with Gasteiger partial charge in [-0.25, -0.2) is 19.4 Å². The summed E-state index contributed by atoms with van der Waals surface area (Å²) in [6, 6.07) is 6.98. The van der Waals surface area contributed by atoms with Crippen LogP contribution in [0.15, 0.2) is 55.4 Å². The molecule has 45 heavy (non-hydrogen) atoms. The summed E-state index contributed by atoms with van der Waals surface area (Å²) in [4.78, 5) is 29.0. The first-order chi connectivity index (χ1) is 21.6. The number of carbonyl (C=O) groups excluding carboxylic acids is 1. The molecule has 13 heteroatoms. The highest BCUT2D eigenvalue weighted by atomic mass is 19.4. The Hall–Kier alpha value is -4.39. The average Bonchev–Trinajstić information content (AvgIpc) is 3.76. The number of alkyl halides is 3. The van der Waals surface area contributed by atoms with E-state index in [4.69, 9.17) is 9.57 Å². The number of piperidine rings is 1. The van der Waals surface area contributed by atoms with Gasteiger partial charge < -0.3 is 20.3 Å². The number of rotatable bonds is 9. The predicted molar refractivity (Wildman–Crippen MR) is 162 cm³/mol. The van der Waals surface area contributed by atoms with Crippen LogP contribution in [0.2, 0.25) is 0 Å². The lowest BCUT2D eigenvalue weighted by atomic mass is 9.92. The Bertz CT molecular complexity index is 1570. The molecule has 3 fully saturated rings. The Labute approximate surface area is 258 Å². The van der Waals surface area contributed by atoms with Crippen molar-refractivity contribution in [3.05, 3.63) is 72.3 Å². The summed E-state index contributed by atoms with van der Waals surface area (Å²) in [6.07, 6.45) is 2.95. The van der Waals surface area contributed by atoms with Gasteiger partial charge in [0.2, 0.25) is 5.91 Å². The van der Waals surface area contributed by atoms with E-state index >= 15 is 0 Å². The minimum atomic E-state index is -4.70. The van der Waals surface area contributed by atoms with Gasteiger partial charge in [0, 0.05) is 31.6 Å². The van der Waals surface area contributed by atoms with Crippen LogP contribution in [0.4, 0.5) is 46.3 Å². The summed E-state index contributed by atoms with van der Waals surface area (Å²) in [5.74, 6) is 1.36. The molecule has 1 atom stereocenters. The lowest BCUT2D eigenvalue weighted by Gasteiger charge is -2.35. The summed E-state index contributed by atoms with van der Waals surface area (Å²) in [6.45, 7) is 5.53. The van der Waals surface area contributed by atoms with Crippen molar-refractivity contribution in [1.29, 1.82) is 0 Å². The molecule has 2 saturated heterocycles. The van der Waals surface area contributed by atoms with E-state index in [2.05, 4.69) is 32.1 Å². The maximum atomic E-state index is 14.2. The quantitative estimate of drug-likeness (QED) is 0.194. The van der Waals surface area contributed by atoms with Crippen molar-refractivity contribution in [2.24, 2.45) is 11.8 Å². The molecule has 1 amide bonds. The smallest absolute Gasteiger partial charge is 0.416 e. The van der Waals surface area contributed by atoms with E-state index in [0.717, 1.165) is 55.6 Å². The van der Waals surface area contributed by atoms with Crippen molar-refractivity contribution in [3.8, 4) is 5.75 Å². The van der Waals surface area contributed by atoms with E-state index < -0.39 is 23.6 Å². The normalized spacial score (nSPS) is 19.0. The Morgan fingerprint density at radius 2 is 1.78 bits per heavy atom. The summed E-state index contributed by atoms with van der Waals surface area (Å²) >= 11 is 0. The molecule has 2 aliphatic heterocycles. The number of hydroxylamine groups is 1. The van der Waals surface area contributed by atoms with Gasteiger partial charge in [0.1, 0.15) is 23.7 Å². The van der Waals surface area contributed by atoms with Gasteiger partial charge in [-0.2, -0.15) is 13.2 Å². The molecule has 0 spiro atoms. The van der Waals surface area contributed by atoms with Gasteiger partial charge in [-0.15, -0.1) is 0 Å². The molecule has 0 unspecified atom stereocenters. The first kappa shape index (κ1) is 30.6. The number of methoxy groups -OCH3 is 1. The van der Waals surface area contributed by atoms with Gasteiger partial charge in [-0.05, 0) is 73.4 Å². The second kappa shape index (κ2) is 12.5. The number of halogens is 4. The van der Waals surface area contributed by atoms with Crippen LogP contribution in [-0.4, -0.2) is 42.7 Å². The highest BCUT2D eigenvalue weighted by Gasteiger charge is 2.36. The molecule has 1 saturated carbocycles. The second-order valence-electron chi connectivity index (χ2n) is 11.5. The molecular formula is C32H34F4N6O3. The van der Waals surface area contributed by atoms with E-state index in [1.165, 1.54) is 30.3 Å². The number of nitrogens with zero attached hydrogens (tertiary/aromatic N) is 4. The summed E-state index contributed by atoms with van der Waals surface area (Å²) in [7, 11) is 1.55. The van der Waals surface area contributed by atoms with Crippen molar-refractivity contribution in [2.45, 2.75) is 44.3 Å². The van der Waals surface area contributed by atoms with Gasteiger partial charge in [-0.1, -0.05) is 6.58 Å². The number of hydrogen-bond acceptors (Lipinski definition) is 8. The number of anilines is 5. The van der Waals surface area contributed by atoms with Crippen molar-refractivity contribution in [2.75, 3.05) is 47.4 Å². The minimum absolute atomic E-state index is 0.119. The maximum absolute atomic E-state index is 14.2. The molecule has 0 bridgehead atoms. The highest BCUT2D eigenvalue weighted by Crippen LogP contribution is 2.45. The molecule has 3 aliphatic rings. The highest BCUT2D eigenvalue weighted by molar-refractivity contribution is 6.02. The van der Waals surface area contributed by atoms with Crippen LogP contribution in [0.1, 0.15) is 49.3 Å². The van der Waals surface area contributed by atoms with Crippen LogP contribution >= 0.6 is 0 Å². The fourth-order valence-corrected chi connectivity index (χ4v) is 6.20. The van der Waals surface area contributed by atoms with Gasteiger partial charge >= 0.3 is 6.18 Å². The topological polar surface area (TPSA) is 91.9 Å². The van der Waals surface area contributed by atoms with Crippen LogP contribution in [0.5, 0.6) is 5.75 Å². The first-order valence-corrected chi connectivity index (χ1v) is 14.9. The number of amides is 1. The number of hydrogen-bond donors (Lipinski definition) is 2. The predicted octanol–water partition coefficient (Wildman–Crippen LogP) is 7.02. The molecule has 1 aliphatic carbocycles. The molecule has 2 aromatic carbocycles. The largest absolute Gasteiger partial charge is 0.494 e. The first-order valence-electron chi connectivity index (χ1n) is 14.9. The van der Waals surface area contributed by atoms with Crippen molar-refractivity contribution in [1.82, 2.24) is 9.97 Å². The molecule has 9 nitrogen and oxygen atoms in total. The van der Waals surface area contributed by atoms with Crippen molar-refractivity contribution < 1.29 is 31.9 Å². The number of carbonyl (C=O) groups is 1. The third-order valence-corrected chi connectivity index (χ3v) is 8.61. The number of aromatic nitrogens is 2. The average molecular weight is 627 g/mol. The van der Waals surface area contributed by atoms with Gasteiger partial charge in [0.15, 0.2) is 5.82 Å². The summed E-state index contributed by atoms with van der Waals surface area (Å²) < 4.78 is 60.1. The Balaban J connectivity index is 1.27. The van der Waals surface area contributed by atoms with Gasteiger partial charge in [0.25, 0.3) is 0 Å². The lowest BCUT2D eigenvalue weighted by molar-refractivity contribution is -0.137. The molecule has 3 heterocycles. The standard InChI is InChI=1S/C32H34F4N6O3/c1-3-31(43)40-24-15-25(28(44-2)16-27(24)41-9-6-20(7-10-41)19-4-5-19)39-29-17-30(38-18-37-29)42-26(8-11-45-42)21-12-22(32(34,35)36)14-23(33)13-21/h3,12-20,26H,1,4-11H2,2H3,(H,40,43)(H,37,38,39)/t26-/m1/s1. The molecule has 1 aromatic heterocycles. The Kier molecular flexibility index (Phi) is 8.54. The Morgan fingerprint density at radius 1 is 1.02 bits per heavy atom. The fraction of sp³-hybridized carbons (Fsp3) is 0.406. The number of nitrogens with one attached hydrogen (secondary N) is 2. The van der Waals surface area contributed by atoms with Crippen LogP contribution in [0.3, 0.4) is 0 Å². The SMILES string of the molecule is C=CC(=O)Nc1cc(Nc2cc(N3OCC[C@@H]3c3cc(F)cc(C(F)(F)F)c3)ncn2)c(OC)cc1N1CCC(C2CC2)CC1. The van der Waals surface area contributed by atoms with E-state index in [-0.39, 0.29) is 23.9 Å². The molecule has 2 N–H and O–H groups in total. The van der Waals surface area contributed by atoms with Crippen LogP contribution in [0.25, 0.3) is 0 Å². The second-order valence-corrected chi connectivity index (χ2v) is 11.5. The molecular weight excluding hydrogens is 592 g/mol. The van der Waals surface area contributed by atoms with Crippen LogP contribution in [-0.2, 0) is 15.8 Å². The molecule has 238 valence electrons. The summed E-state index contributed by atoms with van der Waals surface area (Å²) in [5.41, 5.74) is 0.978. The van der Waals surface area contributed by atoms with E-state index in [9.17, 15) is 22.4 Å². The number of ether oxygens (including phenoxy) is 1. The van der Waals surface area contributed by atoms with Crippen LogP contribution < -0.4 is 25.3 Å². The maximum Gasteiger partial charge on any atom is 0.416 e. The monoisotopic (exact) mass is 626 g/mol. The zero-order valence-electron chi connectivity index (χ0n) is 24.7. The minimum Gasteiger partial charge on any atom is -0.494 e. The van der Waals surface area contributed by atoms with Gasteiger partial charge in [0.05, 0.1) is 42.4 Å². The number of benzene rings is 2. The molecule has 0 radical (unpaired) electrons. The van der Waals surface area contributed by atoms with E-state index in [1.807, 2.05) is 6.07 Å². The zero-order chi connectivity index (χ0) is 31.7. The van der Waals surface area contributed by atoms with E-state index in [0.29, 0.717) is 35.4 Å². The molecule has 3 aromatic rings. The fourth-order valence-electron chi connectivity index (χ4n) is 6.20. The van der Waals surface area contributed by atoms with E-state index in [1.54, 1.807) is 19.2 Å². The lowest BCUT2D eigenvalue weighted by Crippen LogP contribution is -2.35. The molecule has 6 rings (SSSR count). The van der Waals surface area contributed by atoms with Crippen molar-refractivity contribution >= 4 is 34.6 Å². The third kappa shape index (κ3) is 6.82.